The minimum absolute atomic E-state index is 0.0381. The van der Waals surface area contributed by atoms with E-state index in [-0.39, 0.29) is 33.0 Å². The molecule has 4 aromatic heterocycles. The highest BCUT2D eigenvalue weighted by atomic mass is 35.5. The number of aromatic nitrogens is 4. The van der Waals surface area contributed by atoms with Gasteiger partial charge in [0, 0.05) is 12.1 Å². The van der Waals surface area contributed by atoms with E-state index in [1.165, 1.54) is 12.1 Å². The maximum Gasteiger partial charge on any atom is 0.350 e. The van der Waals surface area contributed by atoms with Gasteiger partial charge in [-0.3, -0.25) is 0 Å². The summed E-state index contributed by atoms with van der Waals surface area (Å²) in [7, 11) is 0. The van der Waals surface area contributed by atoms with Crippen molar-refractivity contribution in [3.05, 3.63) is 59.7 Å². The maximum absolute atomic E-state index is 11.4. The molecule has 4 aromatic rings. The first-order valence-electron chi connectivity index (χ1n) is 11.4. The maximum atomic E-state index is 11.4. The second kappa shape index (κ2) is 14.5. The van der Waals surface area contributed by atoms with Crippen LogP contribution in [0.25, 0.3) is 22.2 Å². The predicted molar refractivity (Wildman–Crippen MR) is 150 cm³/mol. The number of oxime groups is 2. The summed E-state index contributed by atoms with van der Waals surface area (Å²) in [4.78, 5) is 43.1. The lowest BCUT2D eigenvalue weighted by Crippen LogP contribution is -2.03. The van der Waals surface area contributed by atoms with Crippen LogP contribution in [0.5, 0.6) is 6.01 Å². The normalized spacial score (nSPS) is 10.2. The molecule has 0 saturated carbocycles. The first kappa shape index (κ1) is 31.6. The standard InChI is InChI=1S/C12H12ClN3O3.C9H6Cl2N2O2.C3H7NO/c1-4-7-5-8(17)18-11-9(7)10(13)14-12(15-11)19-16-6(2)3;1-2-4-3-5(14)15-8-6(4)7(10)12-9(11)13-8;1-3(2)4-5/h5H,4H2,1-3H3;3H,2H2,1H3;5H,1-2H3. The number of hydrogen-bond donors (Lipinski definition) is 1. The second-order valence-corrected chi connectivity index (χ2v) is 9.06. The number of aryl methyl sites for hydroxylation is 2. The Morgan fingerprint density at radius 3 is 1.72 bits per heavy atom. The quantitative estimate of drug-likeness (QED) is 0.0983. The molecule has 0 radical (unpaired) electrons. The third-order valence-electron chi connectivity index (χ3n) is 4.51. The Balaban J connectivity index is 0.000000238. The lowest BCUT2D eigenvalue weighted by molar-refractivity contribution is 0.311. The lowest BCUT2D eigenvalue weighted by Gasteiger charge is -2.04. The van der Waals surface area contributed by atoms with Crippen LogP contribution < -0.4 is 16.1 Å². The molecule has 1 N–H and O–H groups in total. The Bertz CT molecular complexity index is 1640. The molecule has 208 valence electrons. The molecule has 0 aliphatic carbocycles. The second-order valence-electron chi connectivity index (χ2n) is 8.01. The average Bonchev–Trinajstić information content (AvgIpc) is 2.86. The fourth-order valence-electron chi connectivity index (χ4n) is 2.88. The highest BCUT2D eigenvalue weighted by molar-refractivity contribution is 6.35. The van der Waals surface area contributed by atoms with Gasteiger partial charge in [-0.2, -0.15) is 15.0 Å². The number of nitrogens with zero attached hydrogens (tertiary/aromatic N) is 6. The zero-order valence-corrected chi connectivity index (χ0v) is 24.1. The van der Waals surface area contributed by atoms with Crippen molar-refractivity contribution < 1.29 is 18.9 Å². The van der Waals surface area contributed by atoms with E-state index < -0.39 is 11.3 Å². The van der Waals surface area contributed by atoms with Gasteiger partial charge in [-0.25, -0.2) is 14.6 Å². The van der Waals surface area contributed by atoms with Crippen molar-refractivity contribution in [1.29, 1.82) is 0 Å². The van der Waals surface area contributed by atoms with Crippen molar-refractivity contribution in [3.63, 3.8) is 0 Å². The van der Waals surface area contributed by atoms with Crippen molar-refractivity contribution in [2.75, 3.05) is 0 Å². The summed E-state index contributed by atoms with van der Waals surface area (Å²) in [5, 5.41) is 15.7. The molecule has 0 aliphatic heterocycles. The van der Waals surface area contributed by atoms with Gasteiger partial charge in [0.05, 0.1) is 22.2 Å². The van der Waals surface area contributed by atoms with Crippen LogP contribution in [-0.4, -0.2) is 36.6 Å². The zero-order valence-electron chi connectivity index (χ0n) is 21.9. The monoisotopic (exact) mass is 598 g/mol. The summed E-state index contributed by atoms with van der Waals surface area (Å²) in [6.45, 7) is 10.8. The molecule has 0 aliphatic rings. The Hall–Kier alpha value is -3.61. The van der Waals surface area contributed by atoms with Gasteiger partial charge in [-0.1, -0.05) is 47.4 Å². The molecule has 12 nitrogen and oxygen atoms in total. The summed E-state index contributed by atoms with van der Waals surface area (Å²) >= 11 is 17.6. The molecule has 0 atom stereocenters. The summed E-state index contributed by atoms with van der Waals surface area (Å²) < 4.78 is 9.90. The van der Waals surface area contributed by atoms with Crippen molar-refractivity contribution in [2.45, 2.75) is 54.4 Å². The molecule has 0 aromatic carbocycles. The van der Waals surface area contributed by atoms with Crippen molar-refractivity contribution >= 4 is 68.4 Å². The number of fused-ring (bicyclic) bond motifs is 2. The Morgan fingerprint density at radius 1 is 0.821 bits per heavy atom. The number of hydrogen-bond acceptors (Lipinski definition) is 12. The van der Waals surface area contributed by atoms with Crippen molar-refractivity contribution in [2.24, 2.45) is 10.3 Å². The smallest absolute Gasteiger partial charge is 0.350 e. The molecule has 0 fully saturated rings. The minimum Gasteiger partial charge on any atom is -0.411 e. The number of halogens is 3. The fraction of sp³-hybridized carbons (Fsp3) is 0.333. The van der Waals surface area contributed by atoms with E-state index in [0.29, 0.717) is 35.0 Å². The van der Waals surface area contributed by atoms with Gasteiger partial charge in [-0.15, -0.1) is 0 Å². The van der Waals surface area contributed by atoms with Gasteiger partial charge in [0.1, 0.15) is 10.3 Å². The van der Waals surface area contributed by atoms with Crippen molar-refractivity contribution in [1.82, 2.24) is 19.9 Å². The molecular weight excluding hydrogens is 575 g/mol. The van der Waals surface area contributed by atoms with Crippen LogP contribution in [0.3, 0.4) is 0 Å². The van der Waals surface area contributed by atoms with E-state index in [2.05, 4.69) is 30.2 Å². The highest BCUT2D eigenvalue weighted by Crippen LogP contribution is 2.26. The number of rotatable bonds is 4. The summed E-state index contributed by atoms with van der Waals surface area (Å²) in [5.74, 6) is 0. The van der Waals surface area contributed by atoms with Gasteiger partial charge < -0.3 is 18.9 Å². The van der Waals surface area contributed by atoms with Gasteiger partial charge >= 0.3 is 17.3 Å². The van der Waals surface area contributed by atoms with Crippen LogP contribution in [0.1, 0.15) is 52.7 Å². The topological polar surface area (TPSA) is 166 Å². The molecule has 15 heteroatoms. The highest BCUT2D eigenvalue weighted by Gasteiger charge is 2.14. The largest absolute Gasteiger partial charge is 0.411 e. The molecule has 0 amide bonds. The summed E-state index contributed by atoms with van der Waals surface area (Å²) in [6, 6.07) is 2.70. The first-order valence-corrected chi connectivity index (χ1v) is 12.5. The van der Waals surface area contributed by atoms with Gasteiger partial charge in [-0.05, 0) is 63.3 Å². The van der Waals surface area contributed by atoms with Gasteiger partial charge in [0.15, 0.2) is 0 Å². The first-order chi connectivity index (χ1) is 18.4. The minimum atomic E-state index is -0.486. The van der Waals surface area contributed by atoms with E-state index in [9.17, 15) is 9.59 Å². The third kappa shape index (κ3) is 8.98. The molecule has 0 bridgehead atoms. The Morgan fingerprint density at radius 2 is 1.28 bits per heavy atom. The molecule has 4 rings (SSSR count). The summed E-state index contributed by atoms with van der Waals surface area (Å²) in [5.41, 5.74) is 2.15. The lowest BCUT2D eigenvalue weighted by atomic mass is 10.1. The third-order valence-corrected chi connectivity index (χ3v) is 5.22. The van der Waals surface area contributed by atoms with Crippen LogP contribution in [-0.2, 0) is 12.8 Å². The predicted octanol–water partition coefficient (Wildman–Crippen LogP) is 5.88. The summed E-state index contributed by atoms with van der Waals surface area (Å²) in [6.07, 6.45) is 1.27. The molecule has 0 saturated heterocycles. The van der Waals surface area contributed by atoms with Gasteiger partial charge in [0.25, 0.3) is 0 Å². The van der Waals surface area contributed by atoms with Crippen LogP contribution in [0, 0.1) is 0 Å². The van der Waals surface area contributed by atoms with Crippen LogP contribution in [0.4, 0.5) is 0 Å². The SMILES string of the molecule is CC(C)=NO.CCc1cc(=O)oc2nc(Cl)nc(Cl)c12.CCc1cc(=O)oc2nc(ON=C(C)C)nc(Cl)c12. The Kier molecular flexibility index (Phi) is 11.8. The van der Waals surface area contributed by atoms with E-state index in [4.69, 9.17) is 53.7 Å². The molecule has 39 heavy (non-hydrogen) atoms. The van der Waals surface area contributed by atoms with Gasteiger partial charge in [0.2, 0.25) is 16.7 Å². The van der Waals surface area contributed by atoms with Crippen LogP contribution in [0.15, 0.2) is 40.9 Å². The molecule has 0 unspecified atom stereocenters. The van der Waals surface area contributed by atoms with Crippen LogP contribution >= 0.6 is 34.8 Å². The van der Waals surface area contributed by atoms with Crippen molar-refractivity contribution in [3.8, 4) is 6.01 Å². The van der Waals surface area contributed by atoms with E-state index in [1.807, 2.05) is 13.8 Å². The molecule has 0 spiro atoms. The van der Waals surface area contributed by atoms with Crippen LogP contribution in [0.2, 0.25) is 15.6 Å². The molecular formula is C24H25Cl3N6O6. The molecule has 4 heterocycles. The van der Waals surface area contributed by atoms with E-state index >= 15 is 0 Å². The average molecular weight is 600 g/mol. The zero-order chi connectivity index (χ0) is 29.3. The fourth-order valence-corrected chi connectivity index (χ4v) is 3.64. The Labute approximate surface area is 237 Å². The van der Waals surface area contributed by atoms with E-state index in [1.54, 1.807) is 27.7 Å². The van der Waals surface area contributed by atoms with E-state index in [0.717, 1.165) is 11.1 Å².